The first-order chi connectivity index (χ1) is 35.6. The van der Waals surface area contributed by atoms with E-state index >= 15 is 0 Å². The molecule has 0 amide bonds. The number of hydrogen-bond donors (Lipinski definition) is 0. The fourth-order valence-corrected chi connectivity index (χ4v) is 6.87. The zero-order valence-electron chi connectivity index (χ0n) is 47.7. The Kier molecular flexibility index (Phi) is 4.22. The molecule has 11 aromatic rings. The summed E-state index contributed by atoms with van der Waals surface area (Å²) < 4.78 is 173. The summed E-state index contributed by atoms with van der Waals surface area (Å²) in [5, 5.41) is -0.363. The average molecular weight is 736 g/mol. The van der Waals surface area contributed by atoms with Crippen LogP contribution in [0.5, 0.6) is 0 Å². The van der Waals surface area contributed by atoms with Gasteiger partial charge in [-0.3, -0.25) is 0 Å². The molecule has 0 aliphatic rings. The molecule has 5 heteroatoms. The van der Waals surface area contributed by atoms with Crippen LogP contribution in [0.1, 0.15) is 26.0 Å². The maximum absolute atomic E-state index is 9.16. The Morgan fingerprint density at radius 1 is 0.411 bits per heavy atom. The predicted octanol–water partition coefficient (Wildman–Crippen LogP) is 13.2. The second-order valence-electron chi connectivity index (χ2n) is 12.6. The van der Waals surface area contributed by atoms with Crippen LogP contribution < -0.4 is 0 Å². The molecule has 0 N–H and O–H groups in total. The third-order valence-electron chi connectivity index (χ3n) is 9.36. The molecule has 0 radical (unpaired) electrons. The summed E-state index contributed by atoms with van der Waals surface area (Å²) in [5.74, 6) is -0.0862. The van der Waals surface area contributed by atoms with Gasteiger partial charge in [0, 0.05) is 43.8 Å². The van der Waals surface area contributed by atoms with Crippen LogP contribution in [0.4, 0.5) is 0 Å². The molecule has 0 aliphatic heterocycles. The lowest BCUT2D eigenvalue weighted by molar-refractivity contribution is 0.670. The fourth-order valence-electron chi connectivity index (χ4n) is 6.87. The number of nitrogens with zero attached hydrogens (tertiary/aromatic N) is 4. The summed E-state index contributed by atoms with van der Waals surface area (Å²) >= 11 is 0. The molecule has 262 valence electrons. The van der Waals surface area contributed by atoms with E-state index in [0.717, 1.165) is 6.07 Å². The van der Waals surface area contributed by atoms with Crippen molar-refractivity contribution in [3.05, 3.63) is 194 Å². The van der Waals surface area contributed by atoms with E-state index in [1.165, 1.54) is 10.6 Å². The Morgan fingerprint density at radius 2 is 1.04 bits per heavy atom. The van der Waals surface area contributed by atoms with Gasteiger partial charge in [-0.2, -0.15) is 0 Å². The molecule has 0 unspecified atom stereocenters. The van der Waals surface area contributed by atoms with Crippen LogP contribution in [0.25, 0.3) is 106 Å². The molecule has 11 rings (SSSR count). The fraction of sp³-hybridized carbons (Fsp3) is 0. The van der Waals surface area contributed by atoms with E-state index in [2.05, 4.69) is 0 Å². The van der Waals surface area contributed by atoms with Crippen LogP contribution >= 0.6 is 0 Å². The molecule has 0 saturated heterocycles. The van der Waals surface area contributed by atoms with Crippen molar-refractivity contribution in [3.63, 3.8) is 0 Å². The first kappa shape index (κ1) is 18.1. The maximum atomic E-state index is 9.16. The average Bonchev–Trinajstić information content (AvgIpc) is 4.02. The SMILES string of the molecule is [2H]c1cc([2H])c2c(c1[2H])c1c([2H])c([2H])c([2H])c([2H])c1n2-c1ccccc1-c1nc(-c2cccc(-c3c([2H])c([2H])c([2H])c([2H])c3[2H])c2)nc(-c2cccc(-c3c([2H])c([2H])c([2H])c4c3oc3c([2H])c([2H])c([2H])c([2H])c34)c2)n1. The summed E-state index contributed by atoms with van der Waals surface area (Å²) in [5.41, 5.74) is 0.821. The lowest BCUT2D eigenvalue weighted by Gasteiger charge is -2.15. The first-order valence-corrected chi connectivity index (χ1v) is 17.2. The predicted molar refractivity (Wildman–Crippen MR) is 229 cm³/mol. The minimum Gasteiger partial charge on any atom is -0.455 e. The molecule has 0 saturated carbocycles. The molecule has 0 fully saturated rings. The van der Waals surface area contributed by atoms with Crippen LogP contribution in [0.3, 0.4) is 0 Å². The van der Waals surface area contributed by atoms with Crippen LogP contribution in [0.2, 0.25) is 0 Å². The molecule has 5 nitrogen and oxygen atoms in total. The highest BCUT2D eigenvalue weighted by atomic mass is 16.3. The van der Waals surface area contributed by atoms with E-state index in [1.54, 1.807) is 66.7 Å². The smallest absolute Gasteiger partial charge is 0.166 e. The normalized spacial score (nSPS) is 16.3. The van der Waals surface area contributed by atoms with Gasteiger partial charge in [0.25, 0.3) is 0 Å². The minimum atomic E-state index is -0.588. The van der Waals surface area contributed by atoms with Gasteiger partial charge < -0.3 is 8.98 Å². The highest BCUT2D eigenvalue weighted by molar-refractivity contribution is 6.10. The largest absolute Gasteiger partial charge is 0.455 e. The van der Waals surface area contributed by atoms with Gasteiger partial charge in [-0.25, -0.2) is 15.0 Å². The van der Waals surface area contributed by atoms with Crippen LogP contribution in [-0.4, -0.2) is 19.5 Å². The molecule has 0 aliphatic carbocycles. The van der Waals surface area contributed by atoms with E-state index in [1.807, 2.05) is 0 Å². The summed E-state index contributed by atoms with van der Waals surface area (Å²) in [6.07, 6.45) is 0. The summed E-state index contributed by atoms with van der Waals surface area (Å²) in [4.78, 5) is 14.8. The lowest BCUT2D eigenvalue weighted by Crippen LogP contribution is -2.03. The zero-order valence-corrected chi connectivity index (χ0v) is 28.7. The van der Waals surface area contributed by atoms with Crippen molar-refractivity contribution in [2.24, 2.45) is 0 Å². The molecule has 0 bridgehead atoms. The van der Waals surface area contributed by atoms with Crippen molar-refractivity contribution in [1.82, 2.24) is 19.5 Å². The minimum absolute atomic E-state index is 0.00232. The van der Waals surface area contributed by atoms with Gasteiger partial charge in [0.2, 0.25) is 0 Å². The Bertz CT molecular complexity index is 4350. The van der Waals surface area contributed by atoms with Gasteiger partial charge in [0.05, 0.1) is 42.8 Å². The van der Waals surface area contributed by atoms with Crippen LogP contribution in [0, 0.1) is 0 Å². The Morgan fingerprint density at radius 3 is 1.88 bits per heavy atom. The number of para-hydroxylation sites is 5. The highest BCUT2D eigenvalue weighted by Crippen LogP contribution is 2.39. The van der Waals surface area contributed by atoms with Crippen LogP contribution in [-0.2, 0) is 0 Å². The quantitative estimate of drug-likeness (QED) is 0.171. The lowest BCUT2D eigenvalue weighted by atomic mass is 10.00. The van der Waals surface area contributed by atoms with E-state index in [0.29, 0.717) is 0 Å². The monoisotopic (exact) mass is 735 g/mol. The molecular weight excluding hydrogens is 685 g/mol. The number of aromatic nitrogens is 4. The van der Waals surface area contributed by atoms with Gasteiger partial charge in [0.15, 0.2) is 17.5 Å². The summed E-state index contributed by atoms with van der Waals surface area (Å²) in [7, 11) is 0. The van der Waals surface area contributed by atoms with Gasteiger partial charge in [0.1, 0.15) is 11.2 Å². The van der Waals surface area contributed by atoms with Crippen molar-refractivity contribution < 1.29 is 30.5 Å². The third-order valence-corrected chi connectivity index (χ3v) is 9.36. The number of benzene rings is 8. The maximum Gasteiger partial charge on any atom is 0.166 e. The Hall–Kier alpha value is -7.63. The van der Waals surface area contributed by atoms with Crippen LogP contribution in [0.15, 0.2) is 198 Å². The van der Waals surface area contributed by atoms with E-state index < -0.39 is 96.7 Å². The molecule has 0 atom stereocenters. The molecule has 56 heavy (non-hydrogen) atoms. The summed E-state index contributed by atoms with van der Waals surface area (Å²) in [6, 6.07) is 11.1. The van der Waals surface area contributed by atoms with Gasteiger partial charge in [-0.15, -0.1) is 0 Å². The van der Waals surface area contributed by atoms with Gasteiger partial charge in [-0.05, 0) is 59.1 Å². The second kappa shape index (κ2) is 13.0. The second-order valence-corrected chi connectivity index (χ2v) is 12.6. The molecule has 3 aromatic heterocycles. The Balaban J connectivity index is 1.20. The van der Waals surface area contributed by atoms with Crippen molar-refractivity contribution in [1.29, 1.82) is 0 Å². The Labute approximate surface area is 349 Å². The zero-order chi connectivity index (χ0) is 53.5. The van der Waals surface area contributed by atoms with Crippen molar-refractivity contribution in [2.75, 3.05) is 0 Å². The number of furan rings is 1. The first-order valence-electron chi connectivity index (χ1n) is 26.7. The molecule has 3 heterocycles. The number of hydrogen-bond acceptors (Lipinski definition) is 4. The van der Waals surface area contributed by atoms with Crippen molar-refractivity contribution >= 4 is 43.7 Å². The standard InChI is InChI=1S/C51H32N4O/c1-2-15-33(16-3-1)34-17-12-19-36(31-34)49-52-50(37-20-13-18-35(32-37)38-25-14-26-42-41-23-7-11-30-47(41)56-48(38)42)54-51(53-49)43-24-6-10-29-46(43)55-44-27-8-4-21-39(44)40-22-5-9-28-45(40)55/h1-32H/i1D,2D,3D,4D,5D,7D,8D,11D,14D,15D,16D,21D,22D,23D,25D,26D,27D,28D,30D. The highest BCUT2D eigenvalue weighted by Gasteiger charge is 2.20. The van der Waals surface area contributed by atoms with E-state index in [-0.39, 0.29) is 124 Å². The molecular formula is C51H32N4O. The third kappa shape index (κ3) is 5.29. The van der Waals surface area contributed by atoms with Crippen molar-refractivity contribution in [2.45, 2.75) is 0 Å². The van der Waals surface area contributed by atoms with E-state index in [9.17, 15) is 0 Å². The number of fused-ring (bicyclic) bond motifs is 6. The van der Waals surface area contributed by atoms with Gasteiger partial charge in [-0.1, -0.05) is 151 Å². The number of rotatable bonds is 6. The molecule has 0 spiro atoms. The topological polar surface area (TPSA) is 56.7 Å². The summed E-state index contributed by atoms with van der Waals surface area (Å²) in [6.45, 7) is 0. The van der Waals surface area contributed by atoms with Crippen molar-refractivity contribution in [3.8, 4) is 62.1 Å². The van der Waals surface area contributed by atoms with Gasteiger partial charge >= 0.3 is 0 Å². The molecule has 8 aromatic carbocycles. The van der Waals surface area contributed by atoms with E-state index in [4.69, 9.17) is 45.4 Å².